The minimum absolute atomic E-state index is 0.0924. The lowest BCUT2D eigenvalue weighted by Gasteiger charge is -2.15. The van der Waals surface area contributed by atoms with Crippen molar-refractivity contribution in [3.8, 4) is 17.6 Å². The number of nitrogen functional groups attached to an aromatic ring is 1. The molecule has 2 aromatic carbocycles. The van der Waals surface area contributed by atoms with Crippen molar-refractivity contribution in [2.45, 2.75) is 6.18 Å². The van der Waals surface area contributed by atoms with Gasteiger partial charge in [0.15, 0.2) is 0 Å². The Hall–Kier alpha value is -1.95. The van der Waals surface area contributed by atoms with Gasteiger partial charge in [0.25, 0.3) is 0 Å². The summed E-state index contributed by atoms with van der Waals surface area (Å²) < 4.78 is 45.1. The standard InChI is InChI=1S/C14H8F3IN2O/c15-14(16,17)10-5-8(7-19)1-3-12(10)21-13-4-2-9(18)6-11(13)20/h1-6H,20H2. The van der Waals surface area contributed by atoms with Crippen LogP contribution in [0.1, 0.15) is 11.1 Å². The number of hydrogen-bond acceptors (Lipinski definition) is 3. The number of ether oxygens (including phenoxy) is 1. The van der Waals surface area contributed by atoms with Gasteiger partial charge in [-0.1, -0.05) is 0 Å². The predicted octanol–water partition coefficient (Wildman–Crippen LogP) is 4.56. The maximum absolute atomic E-state index is 13.0. The monoisotopic (exact) mass is 404 g/mol. The zero-order valence-electron chi connectivity index (χ0n) is 10.4. The Bertz CT molecular complexity index is 723. The van der Waals surface area contributed by atoms with Gasteiger partial charge in [-0.3, -0.25) is 0 Å². The zero-order chi connectivity index (χ0) is 15.6. The molecule has 2 aromatic rings. The molecular weight excluding hydrogens is 396 g/mol. The Balaban J connectivity index is 2.47. The number of nitrogens with two attached hydrogens (primary N) is 1. The lowest BCUT2D eigenvalue weighted by molar-refractivity contribution is -0.138. The van der Waals surface area contributed by atoms with E-state index in [-0.39, 0.29) is 17.0 Å². The molecule has 0 heterocycles. The first-order valence-corrected chi connectivity index (χ1v) is 6.73. The van der Waals surface area contributed by atoms with Crippen molar-refractivity contribution < 1.29 is 17.9 Å². The van der Waals surface area contributed by atoms with E-state index in [1.54, 1.807) is 18.2 Å². The molecule has 0 amide bonds. The number of benzene rings is 2. The second kappa shape index (κ2) is 5.81. The van der Waals surface area contributed by atoms with Crippen molar-refractivity contribution in [2.75, 3.05) is 5.73 Å². The van der Waals surface area contributed by atoms with Crippen molar-refractivity contribution in [3.05, 3.63) is 51.1 Å². The first kappa shape index (κ1) is 15.4. The summed E-state index contributed by atoms with van der Waals surface area (Å²) in [7, 11) is 0. The summed E-state index contributed by atoms with van der Waals surface area (Å²) in [4.78, 5) is 0. The molecule has 2 N–H and O–H groups in total. The van der Waals surface area contributed by atoms with Crippen LogP contribution in [0.25, 0.3) is 0 Å². The summed E-state index contributed by atoms with van der Waals surface area (Å²) in [5.74, 6) is -0.264. The van der Waals surface area contributed by atoms with Gasteiger partial charge in [-0.2, -0.15) is 18.4 Å². The van der Waals surface area contributed by atoms with Crippen molar-refractivity contribution >= 4 is 28.3 Å². The number of rotatable bonds is 2. The van der Waals surface area contributed by atoms with Gasteiger partial charge in [0.2, 0.25) is 0 Å². The maximum Gasteiger partial charge on any atom is 0.420 e. The number of nitriles is 1. The van der Waals surface area contributed by atoms with Crippen LogP contribution in [0.2, 0.25) is 0 Å². The fourth-order valence-electron chi connectivity index (χ4n) is 1.64. The first-order valence-electron chi connectivity index (χ1n) is 5.65. The average molecular weight is 404 g/mol. The van der Waals surface area contributed by atoms with E-state index < -0.39 is 17.5 Å². The molecule has 3 nitrogen and oxygen atoms in total. The summed E-state index contributed by atoms with van der Waals surface area (Å²) in [5, 5.41) is 8.70. The summed E-state index contributed by atoms with van der Waals surface area (Å²) in [6, 6.07) is 9.54. The van der Waals surface area contributed by atoms with Gasteiger partial charge in [-0.15, -0.1) is 0 Å². The molecule has 7 heteroatoms. The third-order valence-corrected chi connectivity index (χ3v) is 3.28. The molecule has 0 saturated carbocycles. The van der Waals surface area contributed by atoms with Crippen LogP contribution in [-0.4, -0.2) is 0 Å². The van der Waals surface area contributed by atoms with E-state index in [0.717, 1.165) is 15.7 Å². The molecule has 0 aliphatic heterocycles. The Morgan fingerprint density at radius 3 is 2.33 bits per heavy atom. The fraction of sp³-hybridized carbons (Fsp3) is 0.0714. The molecule has 0 unspecified atom stereocenters. The van der Waals surface area contributed by atoms with Crippen molar-refractivity contribution in [3.63, 3.8) is 0 Å². The molecule has 108 valence electrons. The third-order valence-electron chi connectivity index (χ3n) is 2.61. The van der Waals surface area contributed by atoms with E-state index in [2.05, 4.69) is 0 Å². The molecule has 0 aliphatic rings. The molecule has 0 fully saturated rings. The number of hydrogen-bond donors (Lipinski definition) is 1. The molecule has 0 bridgehead atoms. The Morgan fingerprint density at radius 2 is 1.76 bits per heavy atom. The van der Waals surface area contributed by atoms with Crippen LogP contribution in [0.15, 0.2) is 36.4 Å². The zero-order valence-corrected chi connectivity index (χ0v) is 12.6. The molecule has 0 atom stereocenters. The summed E-state index contributed by atoms with van der Waals surface area (Å²) in [5.41, 5.74) is 4.85. The molecule has 0 aliphatic carbocycles. The number of anilines is 1. The Labute approximate surface area is 132 Å². The van der Waals surface area contributed by atoms with Crippen LogP contribution < -0.4 is 10.5 Å². The third kappa shape index (κ3) is 3.58. The fourth-order valence-corrected chi connectivity index (χ4v) is 2.16. The van der Waals surface area contributed by atoms with Gasteiger partial charge >= 0.3 is 6.18 Å². The molecule has 21 heavy (non-hydrogen) atoms. The molecule has 0 aromatic heterocycles. The second-order valence-electron chi connectivity index (χ2n) is 4.10. The lowest BCUT2D eigenvalue weighted by Crippen LogP contribution is -2.08. The normalized spacial score (nSPS) is 11.0. The van der Waals surface area contributed by atoms with Crippen LogP contribution in [0.5, 0.6) is 11.5 Å². The van der Waals surface area contributed by atoms with Gasteiger partial charge in [0, 0.05) is 3.57 Å². The van der Waals surface area contributed by atoms with Crippen molar-refractivity contribution in [1.82, 2.24) is 0 Å². The summed E-state index contributed by atoms with van der Waals surface area (Å²) in [6.45, 7) is 0. The van der Waals surface area contributed by atoms with E-state index in [0.29, 0.717) is 0 Å². The van der Waals surface area contributed by atoms with Gasteiger partial charge in [0.1, 0.15) is 11.5 Å². The predicted molar refractivity (Wildman–Crippen MR) is 79.8 cm³/mol. The van der Waals surface area contributed by atoms with E-state index in [9.17, 15) is 13.2 Å². The summed E-state index contributed by atoms with van der Waals surface area (Å²) >= 11 is 2.03. The SMILES string of the molecule is N#Cc1ccc(Oc2ccc(I)cc2N)c(C(F)(F)F)c1. The molecule has 2 rings (SSSR count). The van der Waals surface area contributed by atoms with Crippen molar-refractivity contribution in [2.24, 2.45) is 0 Å². The minimum atomic E-state index is -4.62. The van der Waals surface area contributed by atoms with E-state index >= 15 is 0 Å². The first-order chi connectivity index (χ1) is 9.81. The van der Waals surface area contributed by atoms with Crippen LogP contribution in [0.4, 0.5) is 18.9 Å². The highest BCUT2D eigenvalue weighted by Gasteiger charge is 2.35. The van der Waals surface area contributed by atoms with E-state index in [1.807, 2.05) is 22.6 Å². The number of nitrogens with zero attached hydrogens (tertiary/aromatic N) is 1. The average Bonchev–Trinajstić information content (AvgIpc) is 2.41. The quantitative estimate of drug-likeness (QED) is 0.590. The van der Waals surface area contributed by atoms with E-state index in [4.69, 9.17) is 15.7 Å². The summed E-state index contributed by atoms with van der Waals surface area (Å²) in [6.07, 6.45) is -4.62. The Morgan fingerprint density at radius 1 is 1.10 bits per heavy atom. The van der Waals surface area contributed by atoms with Gasteiger partial charge < -0.3 is 10.5 Å². The second-order valence-corrected chi connectivity index (χ2v) is 5.35. The highest BCUT2D eigenvalue weighted by atomic mass is 127. The van der Waals surface area contributed by atoms with Gasteiger partial charge in [0.05, 0.1) is 22.9 Å². The van der Waals surface area contributed by atoms with Gasteiger partial charge in [-0.05, 0) is 59.0 Å². The highest BCUT2D eigenvalue weighted by molar-refractivity contribution is 14.1. The molecular formula is C14H8F3IN2O. The minimum Gasteiger partial charge on any atom is -0.455 e. The van der Waals surface area contributed by atoms with Crippen molar-refractivity contribution in [1.29, 1.82) is 5.26 Å². The topological polar surface area (TPSA) is 59.0 Å². The van der Waals surface area contributed by atoms with E-state index in [1.165, 1.54) is 12.1 Å². The van der Waals surface area contributed by atoms with Crippen LogP contribution in [-0.2, 0) is 6.18 Å². The Kier molecular flexibility index (Phi) is 4.27. The van der Waals surface area contributed by atoms with Crippen LogP contribution >= 0.6 is 22.6 Å². The lowest BCUT2D eigenvalue weighted by atomic mass is 10.1. The number of alkyl halides is 3. The highest BCUT2D eigenvalue weighted by Crippen LogP contribution is 2.39. The molecule has 0 radical (unpaired) electrons. The largest absolute Gasteiger partial charge is 0.455 e. The van der Waals surface area contributed by atoms with Crippen LogP contribution in [0.3, 0.4) is 0 Å². The number of halogens is 4. The molecule has 0 saturated heterocycles. The van der Waals surface area contributed by atoms with Crippen LogP contribution in [0, 0.1) is 14.9 Å². The smallest absolute Gasteiger partial charge is 0.420 e. The molecule has 0 spiro atoms. The van der Waals surface area contributed by atoms with Gasteiger partial charge in [-0.25, -0.2) is 0 Å². The maximum atomic E-state index is 13.0.